The number of hydrogen-bond donors (Lipinski definition) is 2. The molecule has 1 aliphatic rings. The molecular formula is C10H16N4O. The van der Waals surface area contributed by atoms with Crippen LogP contribution in [0.3, 0.4) is 0 Å². The average molecular weight is 208 g/mol. The number of anilines is 1. The summed E-state index contributed by atoms with van der Waals surface area (Å²) >= 11 is 0. The smallest absolute Gasteiger partial charge is 0.321 e. The normalized spacial score (nSPS) is 16.5. The molecule has 1 fully saturated rings. The van der Waals surface area contributed by atoms with E-state index in [1.165, 1.54) is 0 Å². The minimum absolute atomic E-state index is 0.0114. The van der Waals surface area contributed by atoms with Crippen LogP contribution < -0.4 is 10.6 Å². The van der Waals surface area contributed by atoms with Gasteiger partial charge < -0.3 is 20.1 Å². The molecule has 1 aromatic heterocycles. The Balaban J connectivity index is 1.91. The predicted molar refractivity (Wildman–Crippen MR) is 58.9 cm³/mol. The van der Waals surface area contributed by atoms with E-state index in [-0.39, 0.29) is 6.03 Å². The van der Waals surface area contributed by atoms with Crippen molar-refractivity contribution in [2.24, 2.45) is 7.05 Å². The molecule has 1 saturated heterocycles. The number of nitrogens with zero attached hydrogens (tertiary/aromatic N) is 2. The van der Waals surface area contributed by atoms with E-state index in [1.54, 1.807) is 0 Å². The van der Waals surface area contributed by atoms with E-state index in [2.05, 4.69) is 10.6 Å². The van der Waals surface area contributed by atoms with Crippen LogP contribution in [0.15, 0.2) is 18.5 Å². The second-order valence-corrected chi connectivity index (χ2v) is 3.73. The second kappa shape index (κ2) is 4.35. The fraction of sp³-hybridized carbons (Fsp3) is 0.500. The maximum absolute atomic E-state index is 11.8. The van der Waals surface area contributed by atoms with Gasteiger partial charge in [0.05, 0.1) is 5.69 Å². The second-order valence-electron chi connectivity index (χ2n) is 3.73. The zero-order valence-corrected chi connectivity index (χ0v) is 8.86. The molecule has 2 rings (SSSR count). The van der Waals surface area contributed by atoms with Gasteiger partial charge in [-0.15, -0.1) is 0 Å². The van der Waals surface area contributed by atoms with Crippen LogP contribution >= 0.6 is 0 Å². The molecule has 0 bridgehead atoms. The molecule has 1 aromatic rings. The molecule has 0 unspecified atom stereocenters. The summed E-state index contributed by atoms with van der Waals surface area (Å²) in [4.78, 5) is 13.6. The topological polar surface area (TPSA) is 49.3 Å². The Morgan fingerprint density at radius 1 is 1.47 bits per heavy atom. The largest absolute Gasteiger partial charge is 0.355 e. The highest BCUT2D eigenvalue weighted by molar-refractivity contribution is 5.89. The Labute approximate surface area is 89.1 Å². The summed E-state index contributed by atoms with van der Waals surface area (Å²) in [6, 6.07) is 1.88. The molecule has 0 aliphatic carbocycles. The van der Waals surface area contributed by atoms with Gasteiger partial charge in [-0.1, -0.05) is 0 Å². The van der Waals surface area contributed by atoms with E-state index in [9.17, 15) is 4.79 Å². The van der Waals surface area contributed by atoms with Crippen molar-refractivity contribution < 1.29 is 4.79 Å². The summed E-state index contributed by atoms with van der Waals surface area (Å²) in [6.45, 7) is 3.31. The van der Waals surface area contributed by atoms with Gasteiger partial charge in [-0.3, -0.25) is 0 Å². The van der Waals surface area contributed by atoms with Crippen LogP contribution in [0.1, 0.15) is 0 Å². The van der Waals surface area contributed by atoms with Crippen LogP contribution in [0.4, 0.5) is 10.5 Å². The van der Waals surface area contributed by atoms with Gasteiger partial charge in [0.15, 0.2) is 0 Å². The van der Waals surface area contributed by atoms with E-state index in [0.29, 0.717) is 0 Å². The number of aromatic nitrogens is 1. The SMILES string of the molecule is Cn1ccc(NC(=O)N2CCNCC2)c1. The minimum atomic E-state index is -0.0114. The molecule has 5 heteroatoms. The van der Waals surface area contributed by atoms with Crippen LogP contribution in [0.5, 0.6) is 0 Å². The summed E-state index contributed by atoms with van der Waals surface area (Å²) in [5.74, 6) is 0. The van der Waals surface area contributed by atoms with Gasteiger partial charge in [0, 0.05) is 45.6 Å². The molecule has 0 saturated carbocycles. The Bertz CT molecular complexity index is 341. The molecule has 0 aromatic carbocycles. The lowest BCUT2D eigenvalue weighted by atomic mass is 10.4. The summed E-state index contributed by atoms with van der Waals surface area (Å²) in [7, 11) is 1.93. The van der Waals surface area contributed by atoms with Crippen molar-refractivity contribution in [3.05, 3.63) is 18.5 Å². The summed E-state index contributed by atoms with van der Waals surface area (Å²) in [5.41, 5.74) is 0.848. The summed E-state index contributed by atoms with van der Waals surface area (Å²) in [6.07, 6.45) is 3.80. The van der Waals surface area contributed by atoms with Crippen molar-refractivity contribution in [3.8, 4) is 0 Å². The van der Waals surface area contributed by atoms with E-state index < -0.39 is 0 Å². The number of nitrogens with one attached hydrogen (secondary N) is 2. The van der Waals surface area contributed by atoms with Gasteiger partial charge in [-0.2, -0.15) is 0 Å². The number of amides is 2. The van der Waals surface area contributed by atoms with Crippen molar-refractivity contribution in [2.45, 2.75) is 0 Å². The number of rotatable bonds is 1. The maximum atomic E-state index is 11.8. The van der Waals surface area contributed by atoms with Crippen LogP contribution in [-0.2, 0) is 7.05 Å². The Kier molecular flexibility index (Phi) is 2.91. The van der Waals surface area contributed by atoms with Gasteiger partial charge in [-0.25, -0.2) is 4.79 Å². The minimum Gasteiger partial charge on any atom is -0.355 e. The predicted octanol–water partition coefficient (Wildman–Crippen LogP) is 0.462. The quantitative estimate of drug-likeness (QED) is 0.704. The third-order valence-electron chi connectivity index (χ3n) is 2.49. The Morgan fingerprint density at radius 3 is 2.80 bits per heavy atom. The fourth-order valence-electron chi connectivity index (χ4n) is 1.65. The average Bonchev–Trinajstić information content (AvgIpc) is 2.65. The van der Waals surface area contributed by atoms with Gasteiger partial charge >= 0.3 is 6.03 Å². The van der Waals surface area contributed by atoms with Crippen LogP contribution in [0.25, 0.3) is 0 Å². The van der Waals surface area contributed by atoms with Crippen molar-refractivity contribution in [2.75, 3.05) is 31.5 Å². The third kappa shape index (κ3) is 2.50. The van der Waals surface area contributed by atoms with Gasteiger partial charge in [0.1, 0.15) is 0 Å². The molecule has 2 heterocycles. The van der Waals surface area contributed by atoms with Gasteiger partial charge in [0.25, 0.3) is 0 Å². The van der Waals surface area contributed by atoms with Crippen LogP contribution in [-0.4, -0.2) is 41.7 Å². The summed E-state index contributed by atoms with van der Waals surface area (Å²) in [5, 5.41) is 6.08. The molecule has 2 N–H and O–H groups in total. The number of piperazine rings is 1. The lowest BCUT2D eigenvalue weighted by Gasteiger charge is -2.27. The first-order valence-corrected chi connectivity index (χ1v) is 5.14. The molecule has 0 radical (unpaired) electrons. The fourth-order valence-corrected chi connectivity index (χ4v) is 1.65. The zero-order chi connectivity index (χ0) is 10.7. The first kappa shape index (κ1) is 10.0. The Morgan fingerprint density at radius 2 is 2.20 bits per heavy atom. The van der Waals surface area contributed by atoms with E-state index in [0.717, 1.165) is 31.9 Å². The molecule has 0 spiro atoms. The van der Waals surface area contributed by atoms with Crippen LogP contribution in [0.2, 0.25) is 0 Å². The first-order chi connectivity index (χ1) is 7.25. The highest BCUT2D eigenvalue weighted by atomic mass is 16.2. The highest BCUT2D eigenvalue weighted by Gasteiger charge is 2.15. The van der Waals surface area contributed by atoms with E-state index in [1.807, 2.05) is 35.0 Å². The van der Waals surface area contributed by atoms with Crippen molar-refractivity contribution in [1.82, 2.24) is 14.8 Å². The molecule has 15 heavy (non-hydrogen) atoms. The maximum Gasteiger partial charge on any atom is 0.321 e. The zero-order valence-electron chi connectivity index (χ0n) is 8.86. The first-order valence-electron chi connectivity index (χ1n) is 5.14. The van der Waals surface area contributed by atoms with Gasteiger partial charge in [0.2, 0.25) is 0 Å². The van der Waals surface area contributed by atoms with E-state index >= 15 is 0 Å². The standard InChI is InChI=1S/C10H16N4O/c1-13-5-2-9(8-13)12-10(15)14-6-3-11-4-7-14/h2,5,8,11H,3-4,6-7H2,1H3,(H,12,15). The van der Waals surface area contributed by atoms with E-state index in [4.69, 9.17) is 0 Å². The molecular weight excluding hydrogens is 192 g/mol. The highest BCUT2D eigenvalue weighted by Crippen LogP contribution is 2.07. The van der Waals surface area contributed by atoms with Crippen molar-refractivity contribution in [3.63, 3.8) is 0 Å². The van der Waals surface area contributed by atoms with Crippen molar-refractivity contribution in [1.29, 1.82) is 0 Å². The molecule has 2 amide bonds. The molecule has 82 valence electrons. The molecule has 1 aliphatic heterocycles. The number of urea groups is 1. The lowest BCUT2D eigenvalue weighted by Crippen LogP contribution is -2.48. The van der Waals surface area contributed by atoms with Crippen LogP contribution in [0, 0.1) is 0 Å². The molecule has 0 atom stereocenters. The summed E-state index contributed by atoms with van der Waals surface area (Å²) < 4.78 is 1.91. The number of hydrogen-bond acceptors (Lipinski definition) is 2. The Hall–Kier alpha value is -1.49. The number of carbonyl (C=O) groups excluding carboxylic acids is 1. The van der Waals surface area contributed by atoms with Gasteiger partial charge in [-0.05, 0) is 6.07 Å². The third-order valence-corrected chi connectivity index (χ3v) is 2.49. The molecule has 5 nitrogen and oxygen atoms in total. The monoisotopic (exact) mass is 208 g/mol. The van der Waals surface area contributed by atoms with Crippen molar-refractivity contribution >= 4 is 11.7 Å². The number of carbonyl (C=O) groups is 1. The lowest BCUT2D eigenvalue weighted by molar-refractivity contribution is 0.204. The number of aryl methyl sites for hydroxylation is 1.